The Bertz CT molecular complexity index is 654. The van der Waals surface area contributed by atoms with Gasteiger partial charge >= 0.3 is 0 Å². The van der Waals surface area contributed by atoms with Gasteiger partial charge in [-0.1, -0.05) is 18.2 Å². The number of hydrogen-bond acceptors (Lipinski definition) is 5. The topological polar surface area (TPSA) is 57.6 Å². The molecule has 0 bridgehead atoms. The van der Waals surface area contributed by atoms with Gasteiger partial charge in [-0.05, 0) is 49.1 Å². The van der Waals surface area contributed by atoms with E-state index >= 15 is 0 Å². The molecule has 1 fully saturated rings. The molecule has 0 amide bonds. The van der Waals surface area contributed by atoms with E-state index in [1.807, 2.05) is 37.4 Å². The number of hydrogen-bond donors (Lipinski definition) is 2. The lowest BCUT2D eigenvalue weighted by molar-refractivity contribution is 0.106. The number of aromatic nitrogens is 1. The van der Waals surface area contributed by atoms with Crippen LogP contribution in [0.15, 0.2) is 42.6 Å². The van der Waals surface area contributed by atoms with Crippen LogP contribution in [0.25, 0.3) is 0 Å². The molecule has 0 aliphatic carbocycles. The molecule has 1 aromatic heterocycles. The minimum absolute atomic E-state index is 0.280. The van der Waals surface area contributed by atoms with Crippen LogP contribution in [0.3, 0.4) is 0 Å². The first-order valence-corrected chi connectivity index (χ1v) is 8.99. The van der Waals surface area contributed by atoms with E-state index in [1.165, 1.54) is 12.8 Å². The highest BCUT2D eigenvalue weighted by atomic mass is 16.5. The van der Waals surface area contributed by atoms with Gasteiger partial charge in [0.1, 0.15) is 24.3 Å². The lowest BCUT2D eigenvalue weighted by Crippen LogP contribution is -2.31. The molecule has 1 saturated heterocycles. The molecular weight excluding hydrogens is 314 g/mol. The minimum Gasteiger partial charge on any atom is -0.491 e. The Morgan fingerprint density at radius 3 is 2.80 bits per heavy atom. The second kappa shape index (κ2) is 8.83. The van der Waals surface area contributed by atoms with Gasteiger partial charge in [-0.25, -0.2) is 4.98 Å². The summed E-state index contributed by atoms with van der Waals surface area (Å²) in [6, 6.07) is 12.0. The van der Waals surface area contributed by atoms with Crippen molar-refractivity contribution in [3.63, 3.8) is 0 Å². The van der Waals surface area contributed by atoms with E-state index in [2.05, 4.69) is 27.3 Å². The van der Waals surface area contributed by atoms with Crippen LogP contribution in [-0.2, 0) is 6.54 Å². The summed E-state index contributed by atoms with van der Waals surface area (Å²) in [6.07, 6.45) is 3.88. The van der Waals surface area contributed by atoms with Gasteiger partial charge in [-0.2, -0.15) is 0 Å². The lowest BCUT2D eigenvalue weighted by Gasteiger charge is -2.16. The van der Waals surface area contributed by atoms with Crippen molar-refractivity contribution in [3.05, 3.63) is 53.7 Å². The number of nitrogens with zero attached hydrogens (tertiary/aromatic N) is 2. The van der Waals surface area contributed by atoms with Gasteiger partial charge in [-0.3, -0.25) is 0 Å². The number of ether oxygens (including phenoxy) is 1. The number of anilines is 1. The van der Waals surface area contributed by atoms with Gasteiger partial charge in [0.15, 0.2) is 0 Å². The molecule has 1 aliphatic rings. The molecule has 2 aromatic rings. The second-order valence-corrected chi connectivity index (χ2v) is 6.63. The number of aliphatic hydroxyl groups is 1. The largest absolute Gasteiger partial charge is 0.491 e. The first-order chi connectivity index (χ1) is 12.2. The Hall–Kier alpha value is -2.11. The van der Waals surface area contributed by atoms with Crippen LogP contribution >= 0.6 is 0 Å². The van der Waals surface area contributed by atoms with Gasteiger partial charge < -0.3 is 20.1 Å². The van der Waals surface area contributed by atoms with E-state index in [0.717, 1.165) is 35.8 Å². The number of rotatable bonds is 8. The van der Waals surface area contributed by atoms with Crippen LogP contribution < -0.4 is 15.0 Å². The average molecular weight is 341 g/mol. The van der Waals surface area contributed by atoms with E-state index in [9.17, 15) is 5.11 Å². The molecule has 2 heterocycles. The molecule has 134 valence electrons. The molecule has 1 aromatic carbocycles. The molecule has 0 radical (unpaired) electrons. The molecule has 1 aliphatic heterocycles. The van der Waals surface area contributed by atoms with Crippen molar-refractivity contribution in [3.8, 4) is 5.75 Å². The molecule has 25 heavy (non-hydrogen) atoms. The van der Waals surface area contributed by atoms with Gasteiger partial charge in [-0.15, -0.1) is 0 Å². The summed E-state index contributed by atoms with van der Waals surface area (Å²) in [7, 11) is 0. The van der Waals surface area contributed by atoms with Gasteiger partial charge in [0, 0.05) is 32.4 Å². The Balaban J connectivity index is 1.37. The van der Waals surface area contributed by atoms with Crippen molar-refractivity contribution in [2.24, 2.45) is 0 Å². The maximum absolute atomic E-state index is 10.0. The number of aliphatic hydroxyl groups excluding tert-OH is 1. The molecular formula is C20H27N3O2. The second-order valence-electron chi connectivity index (χ2n) is 6.63. The summed E-state index contributed by atoms with van der Waals surface area (Å²) in [5.41, 5.74) is 2.27. The Morgan fingerprint density at radius 1 is 1.24 bits per heavy atom. The van der Waals surface area contributed by atoms with Crippen molar-refractivity contribution in [1.29, 1.82) is 0 Å². The third-order valence-electron chi connectivity index (χ3n) is 4.38. The summed E-state index contributed by atoms with van der Waals surface area (Å²) in [6.45, 7) is 5.69. The SMILES string of the molecule is Cc1cccc(OCC(O)CNCc2ccc(N3CCCC3)nc2)c1. The van der Waals surface area contributed by atoms with Crippen LogP contribution in [0.4, 0.5) is 5.82 Å². The number of nitrogens with one attached hydrogen (secondary N) is 1. The van der Waals surface area contributed by atoms with E-state index < -0.39 is 6.10 Å². The zero-order chi connectivity index (χ0) is 17.5. The van der Waals surface area contributed by atoms with Crippen molar-refractivity contribution < 1.29 is 9.84 Å². The maximum atomic E-state index is 10.0. The monoisotopic (exact) mass is 341 g/mol. The van der Waals surface area contributed by atoms with Crippen LogP contribution in [0, 0.1) is 6.92 Å². The van der Waals surface area contributed by atoms with Crippen LogP contribution in [0.1, 0.15) is 24.0 Å². The predicted molar refractivity (Wildman–Crippen MR) is 100 cm³/mol. The van der Waals surface area contributed by atoms with Crippen molar-refractivity contribution in [2.75, 3.05) is 31.1 Å². The van der Waals surface area contributed by atoms with Crippen LogP contribution in [-0.4, -0.2) is 42.4 Å². The van der Waals surface area contributed by atoms with Crippen LogP contribution in [0.2, 0.25) is 0 Å². The highest BCUT2D eigenvalue weighted by molar-refractivity contribution is 5.40. The minimum atomic E-state index is -0.544. The molecule has 2 N–H and O–H groups in total. The summed E-state index contributed by atoms with van der Waals surface area (Å²) < 4.78 is 5.62. The Morgan fingerprint density at radius 2 is 2.08 bits per heavy atom. The van der Waals surface area contributed by atoms with E-state index in [0.29, 0.717) is 13.1 Å². The first-order valence-electron chi connectivity index (χ1n) is 8.99. The quantitative estimate of drug-likeness (QED) is 0.773. The van der Waals surface area contributed by atoms with Crippen LogP contribution in [0.5, 0.6) is 5.75 Å². The molecule has 1 atom stereocenters. The van der Waals surface area contributed by atoms with E-state index in [-0.39, 0.29) is 6.61 Å². The van der Waals surface area contributed by atoms with Crippen molar-refractivity contribution in [1.82, 2.24) is 10.3 Å². The Kier molecular flexibility index (Phi) is 6.25. The molecule has 0 spiro atoms. The fourth-order valence-electron chi connectivity index (χ4n) is 2.99. The molecule has 1 unspecified atom stereocenters. The number of pyridine rings is 1. The summed E-state index contributed by atoms with van der Waals surface area (Å²) >= 11 is 0. The zero-order valence-electron chi connectivity index (χ0n) is 14.8. The maximum Gasteiger partial charge on any atom is 0.128 e. The smallest absolute Gasteiger partial charge is 0.128 e. The summed E-state index contributed by atoms with van der Waals surface area (Å²) in [4.78, 5) is 6.86. The van der Waals surface area contributed by atoms with Gasteiger partial charge in [0.05, 0.1) is 0 Å². The van der Waals surface area contributed by atoms with E-state index in [1.54, 1.807) is 0 Å². The average Bonchev–Trinajstić information content (AvgIpc) is 3.15. The van der Waals surface area contributed by atoms with Gasteiger partial charge in [0.25, 0.3) is 0 Å². The highest BCUT2D eigenvalue weighted by Crippen LogP contribution is 2.17. The number of aryl methyl sites for hydroxylation is 1. The highest BCUT2D eigenvalue weighted by Gasteiger charge is 2.13. The van der Waals surface area contributed by atoms with Gasteiger partial charge in [0.2, 0.25) is 0 Å². The van der Waals surface area contributed by atoms with E-state index in [4.69, 9.17) is 4.74 Å². The normalized spacial score (nSPS) is 15.4. The standard InChI is InChI=1S/C20H27N3O2/c1-16-5-4-6-19(11-16)25-15-18(24)14-21-12-17-7-8-20(22-13-17)23-9-2-3-10-23/h4-8,11,13,18,21,24H,2-3,9-10,12,14-15H2,1H3. The first kappa shape index (κ1) is 17.7. The third kappa shape index (κ3) is 5.44. The fourth-order valence-corrected chi connectivity index (χ4v) is 2.99. The predicted octanol–water partition coefficient (Wildman–Crippen LogP) is 2.52. The molecule has 5 nitrogen and oxygen atoms in total. The fraction of sp³-hybridized carbons (Fsp3) is 0.450. The number of benzene rings is 1. The third-order valence-corrected chi connectivity index (χ3v) is 4.38. The van der Waals surface area contributed by atoms with Crippen molar-refractivity contribution >= 4 is 5.82 Å². The zero-order valence-corrected chi connectivity index (χ0v) is 14.8. The molecule has 0 saturated carbocycles. The summed E-state index contributed by atoms with van der Waals surface area (Å²) in [5, 5.41) is 13.3. The Labute approximate surface area is 149 Å². The summed E-state index contributed by atoms with van der Waals surface area (Å²) in [5.74, 6) is 1.86. The molecule has 5 heteroatoms. The molecule has 3 rings (SSSR count). The lowest BCUT2D eigenvalue weighted by atomic mass is 10.2. The van der Waals surface area contributed by atoms with Crippen molar-refractivity contribution in [2.45, 2.75) is 32.4 Å².